The first-order chi connectivity index (χ1) is 11.6. The molecule has 0 radical (unpaired) electrons. The van der Waals surface area contributed by atoms with E-state index in [2.05, 4.69) is 5.32 Å². The molecule has 122 valence electrons. The van der Waals surface area contributed by atoms with Crippen molar-refractivity contribution in [2.75, 3.05) is 11.9 Å². The van der Waals surface area contributed by atoms with E-state index in [-0.39, 0.29) is 24.3 Å². The zero-order valence-corrected chi connectivity index (χ0v) is 12.9. The molecule has 2 aromatic carbocycles. The number of nitrogens with zero attached hydrogens (tertiary/aromatic N) is 3. The molecule has 0 saturated heterocycles. The fourth-order valence-corrected chi connectivity index (χ4v) is 2.17. The molecule has 0 unspecified atom stereocenters. The average molecular weight is 324 g/mol. The molecule has 0 aromatic heterocycles. The van der Waals surface area contributed by atoms with Crippen LogP contribution in [0.15, 0.2) is 54.6 Å². The molecule has 2 rings (SSSR count). The van der Waals surface area contributed by atoms with Crippen LogP contribution < -0.4 is 5.32 Å². The SMILES string of the molecule is N#CCCN(Cc1ccccc1)C(=O)Nc1ccccc1[N+](=O)[O-]. The van der Waals surface area contributed by atoms with E-state index in [1.807, 2.05) is 36.4 Å². The Bertz CT molecular complexity index is 756. The first kappa shape index (κ1) is 17.0. The van der Waals surface area contributed by atoms with Gasteiger partial charge in [0.2, 0.25) is 0 Å². The van der Waals surface area contributed by atoms with Crippen molar-refractivity contribution in [1.29, 1.82) is 5.26 Å². The number of benzene rings is 2. The standard InChI is InChI=1S/C17H16N4O3/c18-11-6-12-20(13-14-7-2-1-3-8-14)17(22)19-15-9-4-5-10-16(15)21(23)24/h1-5,7-10H,6,12-13H2,(H,19,22). The van der Waals surface area contributed by atoms with Gasteiger partial charge in [0.15, 0.2) is 0 Å². The molecule has 24 heavy (non-hydrogen) atoms. The van der Waals surface area contributed by atoms with E-state index in [1.54, 1.807) is 6.07 Å². The highest BCUT2D eigenvalue weighted by Gasteiger charge is 2.19. The summed E-state index contributed by atoms with van der Waals surface area (Å²) in [5.74, 6) is 0. The summed E-state index contributed by atoms with van der Waals surface area (Å²) >= 11 is 0. The molecule has 0 heterocycles. The van der Waals surface area contributed by atoms with Crippen LogP contribution in [0, 0.1) is 21.4 Å². The largest absolute Gasteiger partial charge is 0.322 e. The van der Waals surface area contributed by atoms with Crippen LogP contribution in [0.3, 0.4) is 0 Å². The molecule has 2 amide bonds. The number of nitro benzene ring substituents is 1. The lowest BCUT2D eigenvalue weighted by atomic mass is 10.2. The molecule has 7 nitrogen and oxygen atoms in total. The van der Waals surface area contributed by atoms with E-state index in [4.69, 9.17) is 5.26 Å². The summed E-state index contributed by atoms with van der Waals surface area (Å²) in [6, 6.07) is 16.8. The van der Waals surface area contributed by atoms with Crippen molar-refractivity contribution in [3.8, 4) is 6.07 Å². The van der Waals surface area contributed by atoms with E-state index in [0.29, 0.717) is 6.54 Å². The van der Waals surface area contributed by atoms with Gasteiger partial charge in [-0.3, -0.25) is 10.1 Å². The van der Waals surface area contributed by atoms with Gasteiger partial charge >= 0.3 is 6.03 Å². The van der Waals surface area contributed by atoms with E-state index < -0.39 is 11.0 Å². The number of amides is 2. The normalized spacial score (nSPS) is 9.79. The Morgan fingerprint density at radius 3 is 2.50 bits per heavy atom. The fourth-order valence-electron chi connectivity index (χ4n) is 2.17. The summed E-state index contributed by atoms with van der Waals surface area (Å²) in [6.07, 6.45) is 0.178. The molecule has 0 spiro atoms. The van der Waals surface area contributed by atoms with Gasteiger partial charge in [0, 0.05) is 19.2 Å². The van der Waals surface area contributed by atoms with Crippen LogP contribution in [0.25, 0.3) is 0 Å². The molecule has 0 saturated carbocycles. The van der Waals surface area contributed by atoms with Crippen LogP contribution in [-0.4, -0.2) is 22.4 Å². The number of hydrogen-bond acceptors (Lipinski definition) is 4. The van der Waals surface area contributed by atoms with Gasteiger partial charge in [-0.15, -0.1) is 0 Å². The maximum atomic E-state index is 12.5. The second kappa shape index (κ2) is 8.29. The zero-order chi connectivity index (χ0) is 17.4. The molecular formula is C17H16N4O3. The lowest BCUT2D eigenvalue weighted by molar-refractivity contribution is -0.383. The lowest BCUT2D eigenvalue weighted by Gasteiger charge is -2.22. The highest BCUT2D eigenvalue weighted by Crippen LogP contribution is 2.23. The van der Waals surface area contributed by atoms with Gasteiger partial charge in [0.05, 0.1) is 17.4 Å². The number of hydrogen-bond donors (Lipinski definition) is 1. The molecule has 0 aliphatic heterocycles. The van der Waals surface area contributed by atoms with Crippen LogP contribution in [-0.2, 0) is 6.54 Å². The van der Waals surface area contributed by atoms with Crippen molar-refractivity contribution < 1.29 is 9.72 Å². The van der Waals surface area contributed by atoms with Gasteiger partial charge in [-0.2, -0.15) is 5.26 Å². The lowest BCUT2D eigenvalue weighted by Crippen LogP contribution is -2.35. The number of anilines is 1. The van der Waals surface area contributed by atoms with Gasteiger partial charge in [0.25, 0.3) is 5.69 Å². The Labute approximate surface area is 139 Å². The third-order valence-electron chi connectivity index (χ3n) is 3.34. The molecule has 0 aliphatic rings. The number of nitrogens with one attached hydrogen (secondary N) is 1. The fraction of sp³-hybridized carbons (Fsp3) is 0.176. The summed E-state index contributed by atoms with van der Waals surface area (Å²) in [7, 11) is 0. The first-order valence-corrected chi connectivity index (χ1v) is 7.32. The maximum absolute atomic E-state index is 12.5. The molecular weight excluding hydrogens is 308 g/mol. The monoisotopic (exact) mass is 324 g/mol. The van der Waals surface area contributed by atoms with Gasteiger partial charge in [-0.25, -0.2) is 4.79 Å². The van der Waals surface area contributed by atoms with Crippen molar-refractivity contribution in [3.63, 3.8) is 0 Å². The first-order valence-electron chi connectivity index (χ1n) is 7.32. The molecule has 7 heteroatoms. The van der Waals surface area contributed by atoms with Crippen LogP contribution in [0.5, 0.6) is 0 Å². The second-order valence-corrected chi connectivity index (χ2v) is 5.02. The molecule has 1 N–H and O–H groups in total. The van der Waals surface area contributed by atoms with Crippen molar-refractivity contribution in [1.82, 2.24) is 4.90 Å². The van der Waals surface area contributed by atoms with Crippen LogP contribution in [0.1, 0.15) is 12.0 Å². The topological polar surface area (TPSA) is 99.3 Å². The highest BCUT2D eigenvalue weighted by atomic mass is 16.6. The Balaban J connectivity index is 2.16. The molecule has 0 atom stereocenters. The van der Waals surface area contributed by atoms with Crippen LogP contribution in [0.2, 0.25) is 0 Å². The van der Waals surface area contributed by atoms with E-state index >= 15 is 0 Å². The summed E-state index contributed by atoms with van der Waals surface area (Å²) in [5, 5.41) is 22.4. The predicted molar refractivity (Wildman–Crippen MR) is 89.2 cm³/mol. The Kier molecular flexibility index (Phi) is 5.86. The van der Waals surface area contributed by atoms with E-state index in [1.165, 1.54) is 23.1 Å². The molecule has 0 aliphatic carbocycles. The number of carbonyl (C=O) groups excluding carboxylic acids is 1. The summed E-state index contributed by atoms with van der Waals surface area (Å²) in [5.41, 5.74) is 0.862. The minimum Gasteiger partial charge on any atom is -0.319 e. The minimum absolute atomic E-state index is 0.127. The van der Waals surface area contributed by atoms with Crippen LogP contribution >= 0.6 is 0 Å². The molecule has 0 bridgehead atoms. The molecule has 0 fully saturated rings. The van der Waals surface area contributed by atoms with Crippen molar-refractivity contribution in [2.24, 2.45) is 0 Å². The number of para-hydroxylation sites is 2. The van der Waals surface area contributed by atoms with Crippen molar-refractivity contribution in [3.05, 3.63) is 70.3 Å². The Morgan fingerprint density at radius 1 is 1.17 bits per heavy atom. The summed E-state index contributed by atoms with van der Waals surface area (Å²) < 4.78 is 0. The Morgan fingerprint density at radius 2 is 1.83 bits per heavy atom. The zero-order valence-electron chi connectivity index (χ0n) is 12.9. The number of urea groups is 1. The molecule has 2 aromatic rings. The number of rotatable bonds is 6. The Hall–Kier alpha value is -3.40. The van der Waals surface area contributed by atoms with Crippen LogP contribution in [0.4, 0.5) is 16.2 Å². The van der Waals surface area contributed by atoms with E-state index in [0.717, 1.165) is 5.56 Å². The van der Waals surface area contributed by atoms with E-state index in [9.17, 15) is 14.9 Å². The van der Waals surface area contributed by atoms with Crippen molar-refractivity contribution in [2.45, 2.75) is 13.0 Å². The predicted octanol–water partition coefficient (Wildman–Crippen LogP) is 3.54. The number of nitriles is 1. The van der Waals surface area contributed by atoms with Crippen molar-refractivity contribution >= 4 is 17.4 Å². The van der Waals surface area contributed by atoms with Gasteiger partial charge < -0.3 is 10.2 Å². The van der Waals surface area contributed by atoms with Gasteiger partial charge in [0.1, 0.15) is 5.69 Å². The third kappa shape index (κ3) is 4.55. The minimum atomic E-state index is -0.549. The van der Waals surface area contributed by atoms with Gasteiger partial charge in [-0.05, 0) is 11.6 Å². The summed E-state index contributed by atoms with van der Waals surface area (Å²) in [6.45, 7) is 0.548. The number of nitro groups is 1. The third-order valence-corrected chi connectivity index (χ3v) is 3.34. The smallest absolute Gasteiger partial charge is 0.319 e. The number of carbonyl (C=O) groups is 1. The van der Waals surface area contributed by atoms with Gasteiger partial charge in [-0.1, -0.05) is 42.5 Å². The quantitative estimate of drug-likeness (QED) is 0.649. The maximum Gasteiger partial charge on any atom is 0.322 e. The second-order valence-electron chi connectivity index (χ2n) is 5.02. The summed E-state index contributed by atoms with van der Waals surface area (Å²) in [4.78, 5) is 24.4. The average Bonchev–Trinajstić information content (AvgIpc) is 2.59. The highest BCUT2D eigenvalue weighted by molar-refractivity contribution is 5.91.